The molecule has 0 spiro atoms. The zero-order valence-electron chi connectivity index (χ0n) is 26.2. The summed E-state index contributed by atoms with van der Waals surface area (Å²) in [5, 5.41) is 9.20. The average Bonchev–Trinajstić information content (AvgIpc) is 2.91. The molecule has 0 aliphatic rings. The molecule has 1 N–H and O–H groups in total. The van der Waals surface area contributed by atoms with Gasteiger partial charge in [-0.3, -0.25) is 9.59 Å². The van der Waals surface area contributed by atoms with E-state index in [0.29, 0.717) is 12.8 Å². The standard InChI is InChI=1S/C35H66O4/c1-3-5-7-9-11-13-15-16-17-18-19-21-23-25-27-29-31-35(38)39-33(32-34(36)37)30-28-26-24-22-20-14-12-10-8-6-4-2/h16-17,33H,3-15,18-32H2,1-2H3,(H,36,37)/b17-16-. The maximum Gasteiger partial charge on any atom is 0.307 e. The molecule has 0 aliphatic carbocycles. The summed E-state index contributed by atoms with van der Waals surface area (Å²) in [7, 11) is 0. The van der Waals surface area contributed by atoms with Crippen molar-refractivity contribution in [2.45, 2.75) is 200 Å². The smallest absolute Gasteiger partial charge is 0.307 e. The van der Waals surface area contributed by atoms with Crippen LogP contribution in [-0.2, 0) is 14.3 Å². The molecule has 1 unspecified atom stereocenters. The second-order valence-electron chi connectivity index (χ2n) is 11.7. The number of allylic oxidation sites excluding steroid dienone is 2. The van der Waals surface area contributed by atoms with Crippen LogP contribution in [-0.4, -0.2) is 23.1 Å². The van der Waals surface area contributed by atoms with Gasteiger partial charge in [0.15, 0.2) is 0 Å². The second kappa shape index (κ2) is 31.2. The van der Waals surface area contributed by atoms with Crippen molar-refractivity contribution in [1.29, 1.82) is 0 Å². The van der Waals surface area contributed by atoms with Crippen molar-refractivity contribution in [3.63, 3.8) is 0 Å². The van der Waals surface area contributed by atoms with Gasteiger partial charge in [0.1, 0.15) is 6.10 Å². The third-order valence-corrected chi connectivity index (χ3v) is 7.72. The number of aliphatic carboxylic acids is 1. The van der Waals surface area contributed by atoms with Crippen LogP contribution < -0.4 is 0 Å². The Hall–Kier alpha value is -1.32. The Labute approximate surface area is 243 Å². The highest BCUT2D eigenvalue weighted by Gasteiger charge is 2.17. The number of carboxylic acids is 1. The molecule has 0 aliphatic heterocycles. The molecule has 0 amide bonds. The van der Waals surface area contributed by atoms with E-state index in [-0.39, 0.29) is 12.4 Å². The van der Waals surface area contributed by atoms with Crippen LogP contribution in [0.1, 0.15) is 194 Å². The Kier molecular flexibility index (Phi) is 30.2. The van der Waals surface area contributed by atoms with Crippen molar-refractivity contribution in [2.75, 3.05) is 0 Å². The van der Waals surface area contributed by atoms with Crippen molar-refractivity contribution in [1.82, 2.24) is 0 Å². The van der Waals surface area contributed by atoms with Crippen LogP contribution >= 0.6 is 0 Å². The highest BCUT2D eigenvalue weighted by Crippen LogP contribution is 2.16. The third-order valence-electron chi connectivity index (χ3n) is 7.72. The van der Waals surface area contributed by atoms with Gasteiger partial charge in [-0.15, -0.1) is 0 Å². The van der Waals surface area contributed by atoms with Crippen LogP contribution in [0.5, 0.6) is 0 Å². The molecule has 4 heteroatoms. The maximum absolute atomic E-state index is 12.3. The molecule has 0 radical (unpaired) electrons. The minimum Gasteiger partial charge on any atom is -0.481 e. The zero-order valence-corrected chi connectivity index (χ0v) is 26.2. The van der Waals surface area contributed by atoms with Crippen molar-refractivity contribution < 1.29 is 19.4 Å². The maximum atomic E-state index is 12.3. The highest BCUT2D eigenvalue weighted by atomic mass is 16.5. The molecule has 0 heterocycles. The average molecular weight is 551 g/mol. The SMILES string of the molecule is CCCCCCCC/C=C\CCCCCCCCC(=O)OC(CCCCCCCCCCCCC)CC(=O)O. The molecule has 0 aromatic carbocycles. The molecule has 0 fully saturated rings. The lowest BCUT2D eigenvalue weighted by molar-refractivity contribution is -0.153. The summed E-state index contributed by atoms with van der Waals surface area (Å²) in [6.07, 6.45) is 36.5. The molecular formula is C35H66O4. The molecule has 4 nitrogen and oxygen atoms in total. The van der Waals surface area contributed by atoms with E-state index in [0.717, 1.165) is 32.1 Å². The summed E-state index contributed by atoms with van der Waals surface area (Å²) in [4.78, 5) is 23.5. The summed E-state index contributed by atoms with van der Waals surface area (Å²) in [5.74, 6) is -1.10. The number of esters is 1. The fraction of sp³-hybridized carbons (Fsp3) is 0.886. The van der Waals surface area contributed by atoms with Gasteiger partial charge in [-0.05, 0) is 44.9 Å². The van der Waals surface area contributed by atoms with Gasteiger partial charge in [-0.1, -0.05) is 148 Å². The van der Waals surface area contributed by atoms with E-state index in [1.54, 1.807) is 0 Å². The summed E-state index contributed by atoms with van der Waals surface area (Å²) < 4.78 is 5.55. The number of carbonyl (C=O) groups is 2. The monoisotopic (exact) mass is 550 g/mol. The van der Waals surface area contributed by atoms with Gasteiger partial charge in [0.05, 0.1) is 6.42 Å². The molecule has 39 heavy (non-hydrogen) atoms. The van der Waals surface area contributed by atoms with Crippen LogP contribution in [0.25, 0.3) is 0 Å². The number of hydrogen-bond donors (Lipinski definition) is 1. The van der Waals surface area contributed by atoms with Gasteiger partial charge < -0.3 is 9.84 Å². The molecule has 1 atom stereocenters. The Morgan fingerprint density at radius 1 is 0.564 bits per heavy atom. The largest absolute Gasteiger partial charge is 0.481 e. The first-order valence-electron chi connectivity index (χ1n) is 17.2. The molecule has 0 saturated heterocycles. The topological polar surface area (TPSA) is 63.6 Å². The zero-order chi connectivity index (χ0) is 28.7. The molecule has 0 aromatic rings. The Balaban J connectivity index is 3.66. The summed E-state index contributed by atoms with van der Waals surface area (Å²) in [5.41, 5.74) is 0. The summed E-state index contributed by atoms with van der Waals surface area (Å²) in [6, 6.07) is 0. The molecule has 0 saturated carbocycles. The number of rotatable bonds is 31. The number of carbonyl (C=O) groups excluding carboxylic acids is 1. The number of hydrogen-bond acceptors (Lipinski definition) is 3. The summed E-state index contributed by atoms with van der Waals surface area (Å²) >= 11 is 0. The van der Waals surface area contributed by atoms with Gasteiger partial charge in [-0.2, -0.15) is 0 Å². The van der Waals surface area contributed by atoms with Crippen molar-refractivity contribution in [2.24, 2.45) is 0 Å². The third kappa shape index (κ3) is 31.1. The molecule has 0 bridgehead atoms. The first kappa shape index (κ1) is 37.7. The lowest BCUT2D eigenvalue weighted by Gasteiger charge is -2.16. The van der Waals surface area contributed by atoms with Gasteiger partial charge in [0.25, 0.3) is 0 Å². The van der Waals surface area contributed by atoms with Gasteiger partial charge in [0, 0.05) is 6.42 Å². The fourth-order valence-electron chi connectivity index (χ4n) is 5.20. The summed E-state index contributed by atoms with van der Waals surface area (Å²) in [6.45, 7) is 4.52. The van der Waals surface area contributed by atoms with Gasteiger partial charge in [-0.25, -0.2) is 0 Å². The van der Waals surface area contributed by atoms with E-state index in [2.05, 4.69) is 26.0 Å². The Morgan fingerprint density at radius 3 is 1.38 bits per heavy atom. The lowest BCUT2D eigenvalue weighted by atomic mass is 10.0. The minimum atomic E-state index is -0.881. The second-order valence-corrected chi connectivity index (χ2v) is 11.7. The van der Waals surface area contributed by atoms with Gasteiger partial charge in [0.2, 0.25) is 0 Å². The minimum absolute atomic E-state index is 0.0725. The molecule has 230 valence electrons. The number of ether oxygens (including phenoxy) is 1. The Bertz CT molecular complexity index is 557. The van der Waals surface area contributed by atoms with E-state index in [1.807, 2.05) is 0 Å². The van der Waals surface area contributed by atoms with Gasteiger partial charge >= 0.3 is 11.9 Å². The van der Waals surface area contributed by atoms with E-state index >= 15 is 0 Å². The first-order valence-corrected chi connectivity index (χ1v) is 17.2. The van der Waals surface area contributed by atoms with E-state index < -0.39 is 12.1 Å². The number of carboxylic acid groups (broad SMARTS) is 1. The van der Waals surface area contributed by atoms with Crippen LogP contribution in [0.15, 0.2) is 12.2 Å². The Morgan fingerprint density at radius 2 is 0.949 bits per heavy atom. The van der Waals surface area contributed by atoms with Crippen LogP contribution in [0.2, 0.25) is 0 Å². The fourth-order valence-corrected chi connectivity index (χ4v) is 5.20. The van der Waals surface area contributed by atoms with Crippen molar-refractivity contribution in [3.05, 3.63) is 12.2 Å². The van der Waals surface area contributed by atoms with Crippen LogP contribution in [0.3, 0.4) is 0 Å². The van der Waals surface area contributed by atoms with E-state index in [9.17, 15) is 14.7 Å². The quantitative estimate of drug-likeness (QED) is 0.0529. The molecule has 0 rings (SSSR count). The first-order chi connectivity index (χ1) is 19.1. The van der Waals surface area contributed by atoms with Crippen LogP contribution in [0, 0.1) is 0 Å². The lowest BCUT2D eigenvalue weighted by Crippen LogP contribution is -2.21. The van der Waals surface area contributed by atoms with E-state index in [4.69, 9.17) is 4.74 Å². The van der Waals surface area contributed by atoms with Crippen LogP contribution in [0.4, 0.5) is 0 Å². The molecule has 0 aromatic heterocycles. The normalized spacial score (nSPS) is 12.3. The number of unbranched alkanes of at least 4 members (excludes halogenated alkanes) is 22. The predicted molar refractivity (Wildman–Crippen MR) is 167 cm³/mol. The van der Waals surface area contributed by atoms with Crippen molar-refractivity contribution >= 4 is 11.9 Å². The molecular weight excluding hydrogens is 484 g/mol. The predicted octanol–water partition coefficient (Wildman–Crippen LogP) is 11.5. The van der Waals surface area contributed by atoms with E-state index in [1.165, 1.54) is 128 Å². The highest BCUT2D eigenvalue weighted by molar-refractivity contribution is 5.71. The van der Waals surface area contributed by atoms with Crippen molar-refractivity contribution in [3.8, 4) is 0 Å².